The molecule has 2 aromatic carbocycles. The van der Waals surface area contributed by atoms with E-state index in [1.165, 1.54) is 16.7 Å². The molecule has 29 heavy (non-hydrogen) atoms. The Morgan fingerprint density at radius 3 is 2.52 bits per heavy atom. The summed E-state index contributed by atoms with van der Waals surface area (Å²) in [5.41, 5.74) is 5.71. The number of aryl methyl sites for hydroxylation is 2. The first kappa shape index (κ1) is 21.6. The number of nitrogens with one attached hydrogen (secondary N) is 1. The van der Waals surface area contributed by atoms with Crippen LogP contribution in [0.4, 0.5) is 5.69 Å². The zero-order valence-corrected chi connectivity index (χ0v) is 19.1. The van der Waals surface area contributed by atoms with Gasteiger partial charge in [-0.2, -0.15) is 0 Å². The van der Waals surface area contributed by atoms with Crippen molar-refractivity contribution >= 4 is 28.4 Å². The van der Waals surface area contributed by atoms with Gasteiger partial charge in [0.05, 0.1) is 0 Å². The molecule has 3 rings (SSSR count). The Hall–Kier alpha value is -2.07. The highest BCUT2D eigenvalue weighted by Gasteiger charge is 2.32. The van der Waals surface area contributed by atoms with E-state index in [9.17, 15) is 4.79 Å². The fourth-order valence-electron chi connectivity index (χ4n) is 3.71. The van der Waals surface area contributed by atoms with Gasteiger partial charge < -0.3 is 0 Å². The highest BCUT2D eigenvalue weighted by atomic mass is 32.2. The topological polar surface area (TPSA) is 32.1 Å². The normalized spacial score (nSPS) is 17.5. The second-order valence-corrected chi connectivity index (χ2v) is 9.11. The minimum Gasteiger partial charge on any atom is -0.290 e. The highest BCUT2D eigenvalue weighted by Crippen LogP contribution is 2.25. The second-order valence-electron chi connectivity index (χ2n) is 8.10. The Labute approximate surface area is 179 Å². The summed E-state index contributed by atoms with van der Waals surface area (Å²) in [6, 6.07) is 15.0. The number of amidine groups is 1. The van der Waals surface area contributed by atoms with Crippen molar-refractivity contribution in [2.45, 2.75) is 59.4 Å². The number of hydrogen-bond acceptors (Lipinski definition) is 3. The van der Waals surface area contributed by atoms with Crippen molar-refractivity contribution in [3.05, 3.63) is 64.7 Å². The molecule has 0 saturated heterocycles. The third kappa shape index (κ3) is 5.11. The van der Waals surface area contributed by atoms with Crippen molar-refractivity contribution in [2.24, 2.45) is 0 Å². The lowest BCUT2D eigenvalue weighted by atomic mass is 9.97. The molecule has 0 aliphatic carbocycles. The molecule has 3 nitrogen and oxygen atoms in total. The molecule has 2 aromatic rings. The second kappa shape index (κ2) is 9.62. The molecule has 0 spiro atoms. The lowest BCUT2D eigenvalue weighted by molar-refractivity contribution is -0.543. The molecule has 1 N–H and O–H groups in total. The molecule has 0 amide bonds. The van der Waals surface area contributed by atoms with Crippen LogP contribution in [0.2, 0.25) is 0 Å². The van der Waals surface area contributed by atoms with E-state index in [0.717, 1.165) is 35.0 Å². The van der Waals surface area contributed by atoms with Crippen LogP contribution in [-0.2, 0) is 0 Å². The maximum atomic E-state index is 13.0. The largest absolute Gasteiger partial charge is 0.312 e. The van der Waals surface area contributed by atoms with Crippen LogP contribution in [0, 0.1) is 13.8 Å². The molecule has 1 heterocycles. The van der Waals surface area contributed by atoms with Gasteiger partial charge in [-0.05, 0) is 61.6 Å². The van der Waals surface area contributed by atoms with Crippen LogP contribution >= 0.6 is 11.8 Å². The molecule has 154 valence electrons. The van der Waals surface area contributed by atoms with E-state index < -0.39 is 0 Å². The summed E-state index contributed by atoms with van der Waals surface area (Å²) in [5.74, 6) is 1.73. The first-order chi connectivity index (χ1) is 13.9. The van der Waals surface area contributed by atoms with Crippen molar-refractivity contribution in [1.82, 2.24) is 0 Å². The third-order valence-corrected chi connectivity index (χ3v) is 7.10. The summed E-state index contributed by atoms with van der Waals surface area (Å²) >= 11 is 1.82. The number of carbonyl (C=O) groups is 1. The zero-order valence-electron chi connectivity index (χ0n) is 18.3. The van der Waals surface area contributed by atoms with E-state index in [2.05, 4.69) is 74.8 Å². The van der Waals surface area contributed by atoms with Crippen LogP contribution < -0.4 is 5.32 Å². The van der Waals surface area contributed by atoms with Crippen molar-refractivity contribution in [3.63, 3.8) is 0 Å². The molecule has 0 radical (unpaired) electrons. The summed E-state index contributed by atoms with van der Waals surface area (Å²) in [6.07, 6.45) is 2.14. The van der Waals surface area contributed by atoms with E-state index in [1.807, 2.05) is 23.9 Å². The van der Waals surface area contributed by atoms with Crippen LogP contribution in [0.5, 0.6) is 0 Å². The fraction of sp³-hybridized carbons (Fsp3) is 0.440. The van der Waals surface area contributed by atoms with Gasteiger partial charge in [0, 0.05) is 11.3 Å². The van der Waals surface area contributed by atoms with E-state index in [0.29, 0.717) is 18.5 Å². The quantitative estimate of drug-likeness (QED) is 0.449. The molecule has 2 atom stereocenters. The minimum absolute atomic E-state index is 0.182. The molecule has 4 heteroatoms. The molecular weight excluding hydrogens is 376 g/mol. The monoisotopic (exact) mass is 409 g/mol. The van der Waals surface area contributed by atoms with Crippen molar-refractivity contribution < 1.29 is 9.37 Å². The lowest BCUT2D eigenvalue weighted by Crippen LogP contribution is -2.33. The number of nitrogens with zero attached hydrogens (tertiary/aromatic N) is 1. The average Bonchev–Trinajstić information content (AvgIpc) is 3.10. The molecule has 1 aliphatic heterocycles. The predicted octanol–water partition coefficient (Wildman–Crippen LogP) is 6.01. The summed E-state index contributed by atoms with van der Waals surface area (Å²) in [7, 11) is 0. The van der Waals surface area contributed by atoms with E-state index >= 15 is 0 Å². The van der Waals surface area contributed by atoms with Gasteiger partial charge in [-0.1, -0.05) is 62.7 Å². The maximum absolute atomic E-state index is 13.0. The van der Waals surface area contributed by atoms with Gasteiger partial charge in [0.25, 0.3) is 0 Å². The van der Waals surface area contributed by atoms with E-state index in [-0.39, 0.29) is 5.78 Å². The van der Waals surface area contributed by atoms with Gasteiger partial charge in [0.2, 0.25) is 5.78 Å². The standard InChI is InChI=1S/C25H32N2OS/c1-6-18(4)20-9-11-21(12-10-20)24(28)15-27-22(7-2)16-29-25(27)26-23-13-8-17(3)14-19(23)5/h8-14,18,22H,6-7,15-16H2,1-5H3/p+1/t18-,22+/m0/s1. The summed E-state index contributed by atoms with van der Waals surface area (Å²) in [4.78, 5) is 13.0. The highest BCUT2D eigenvalue weighted by molar-refractivity contribution is 8.14. The van der Waals surface area contributed by atoms with Gasteiger partial charge in [-0.15, -0.1) is 0 Å². The molecule has 0 bridgehead atoms. The summed E-state index contributed by atoms with van der Waals surface area (Å²) in [6.45, 7) is 11.3. The molecule has 0 saturated carbocycles. The number of Topliss-reactive ketones (excluding diaryl/α,β-unsaturated/α-hetero) is 1. The summed E-state index contributed by atoms with van der Waals surface area (Å²) in [5, 5.41) is 4.68. The Morgan fingerprint density at radius 2 is 1.90 bits per heavy atom. The van der Waals surface area contributed by atoms with Crippen LogP contribution in [0.15, 0.2) is 42.5 Å². The van der Waals surface area contributed by atoms with Crippen LogP contribution in [0.3, 0.4) is 0 Å². The molecular formula is C25H33N2OS+. The Bertz CT molecular complexity index is 902. The zero-order chi connectivity index (χ0) is 21.0. The van der Waals surface area contributed by atoms with Gasteiger partial charge >= 0.3 is 5.17 Å². The van der Waals surface area contributed by atoms with Crippen molar-refractivity contribution in [1.29, 1.82) is 0 Å². The van der Waals surface area contributed by atoms with Gasteiger partial charge in [0.1, 0.15) is 18.3 Å². The number of thioether (sulfide) groups is 1. The van der Waals surface area contributed by atoms with Crippen molar-refractivity contribution in [3.8, 4) is 0 Å². The number of anilines is 1. The first-order valence-corrected chi connectivity index (χ1v) is 11.6. The van der Waals surface area contributed by atoms with Crippen LogP contribution in [-0.4, -0.2) is 33.9 Å². The van der Waals surface area contributed by atoms with Gasteiger partial charge in [-0.3, -0.25) is 4.79 Å². The Morgan fingerprint density at radius 1 is 1.17 bits per heavy atom. The van der Waals surface area contributed by atoms with Crippen molar-refractivity contribution in [2.75, 3.05) is 17.6 Å². The Balaban J connectivity index is 1.81. The summed E-state index contributed by atoms with van der Waals surface area (Å²) < 4.78 is 2.26. The maximum Gasteiger partial charge on any atom is 0.312 e. The van der Waals surface area contributed by atoms with Crippen LogP contribution in [0.25, 0.3) is 0 Å². The molecule has 0 fully saturated rings. The smallest absolute Gasteiger partial charge is 0.290 e. The van der Waals surface area contributed by atoms with Crippen LogP contribution in [0.1, 0.15) is 66.6 Å². The minimum atomic E-state index is 0.182. The van der Waals surface area contributed by atoms with Gasteiger partial charge in [0.15, 0.2) is 0 Å². The van der Waals surface area contributed by atoms with E-state index in [1.54, 1.807) is 0 Å². The fourth-order valence-corrected chi connectivity index (χ4v) is 5.04. The number of hydrogen-bond donors (Lipinski definition) is 1. The lowest BCUT2D eigenvalue weighted by Gasteiger charge is -2.13. The Kier molecular flexibility index (Phi) is 7.18. The molecule has 0 aromatic heterocycles. The predicted molar refractivity (Wildman–Crippen MR) is 126 cm³/mol. The SMILES string of the molecule is CC[C@@H]1CSC(Nc2ccc(C)cc2C)=[N+]1CC(=O)c1ccc([C@@H](C)CC)cc1. The molecule has 0 unspecified atom stereocenters. The molecule has 1 aliphatic rings. The van der Waals surface area contributed by atoms with Gasteiger partial charge in [-0.25, -0.2) is 9.89 Å². The first-order valence-electron chi connectivity index (χ1n) is 10.7. The number of ketones is 1. The average molecular weight is 410 g/mol. The third-order valence-electron chi connectivity index (χ3n) is 5.94. The number of benzene rings is 2. The number of rotatable bonds is 7. The van der Waals surface area contributed by atoms with E-state index in [4.69, 9.17) is 0 Å². The number of carbonyl (C=O) groups excluding carboxylic acids is 1.